The van der Waals surface area contributed by atoms with Crippen LogP contribution in [0.15, 0.2) is 0 Å². The van der Waals surface area contributed by atoms with E-state index in [9.17, 15) is 4.79 Å². The lowest BCUT2D eigenvalue weighted by molar-refractivity contribution is -0.132. The Bertz CT molecular complexity index is 330. The van der Waals surface area contributed by atoms with Crippen LogP contribution >= 0.6 is 0 Å². The summed E-state index contributed by atoms with van der Waals surface area (Å²) >= 11 is 0. The normalized spacial score (nSPS) is 42.9. The molecule has 0 aliphatic heterocycles. The predicted octanol–water partition coefficient (Wildman–Crippen LogP) is 2.35. The zero-order valence-electron chi connectivity index (χ0n) is 11.5. The summed E-state index contributed by atoms with van der Waals surface area (Å²) in [7, 11) is 0. The van der Waals surface area contributed by atoms with Gasteiger partial charge in [-0.2, -0.15) is 0 Å². The first-order valence-electron chi connectivity index (χ1n) is 7.62. The van der Waals surface area contributed by atoms with E-state index in [-0.39, 0.29) is 12.0 Å². The Kier molecular flexibility index (Phi) is 3.35. The lowest BCUT2D eigenvalue weighted by Crippen LogP contribution is -2.46. The largest absolute Gasteiger partial charge is 0.369 e. The summed E-state index contributed by atoms with van der Waals surface area (Å²) < 4.78 is 5.37. The number of carbonyl (C=O) groups excluding carboxylic acids is 1. The summed E-state index contributed by atoms with van der Waals surface area (Å²) in [5.74, 6) is 3.66. The molecule has 6 atom stereocenters. The lowest BCUT2D eigenvalue weighted by atomic mass is 9.79. The fourth-order valence-corrected chi connectivity index (χ4v) is 4.86. The SMILES string of the molecule is CCO[C@H](C)C(=O)N[C@@H]1C[C@H]2C[C@H]1[C@H]1CCC[C@H]21. The Morgan fingerprint density at radius 3 is 2.83 bits per heavy atom. The minimum Gasteiger partial charge on any atom is -0.369 e. The molecule has 0 aromatic rings. The van der Waals surface area contributed by atoms with Crippen molar-refractivity contribution in [3.63, 3.8) is 0 Å². The van der Waals surface area contributed by atoms with Gasteiger partial charge in [-0.25, -0.2) is 0 Å². The van der Waals surface area contributed by atoms with Gasteiger partial charge < -0.3 is 10.1 Å². The summed E-state index contributed by atoms with van der Waals surface area (Å²) in [5.41, 5.74) is 0. The highest BCUT2D eigenvalue weighted by molar-refractivity contribution is 5.80. The number of carbonyl (C=O) groups is 1. The number of hydrogen-bond donors (Lipinski definition) is 1. The number of hydrogen-bond acceptors (Lipinski definition) is 2. The highest BCUT2D eigenvalue weighted by Crippen LogP contribution is 2.58. The van der Waals surface area contributed by atoms with Gasteiger partial charge in [0.2, 0.25) is 5.91 Å². The highest BCUT2D eigenvalue weighted by Gasteiger charge is 2.54. The Morgan fingerprint density at radius 2 is 2.06 bits per heavy atom. The molecule has 3 saturated carbocycles. The third-order valence-corrected chi connectivity index (χ3v) is 5.54. The van der Waals surface area contributed by atoms with E-state index in [4.69, 9.17) is 4.74 Å². The average molecular weight is 251 g/mol. The van der Waals surface area contributed by atoms with Gasteiger partial charge in [-0.15, -0.1) is 0 Å². The van der Waals surface area contributed by atoms with Crippen LogP contribution in [-0.4, -0.2) is 24.7 Å². The van der Waals surface area contributed by atoms with Crippen molar-refractivity contribution >= 4 is 5.91 Å². The summed E-state index contributed by atoms with van der Waals surface area (Å²) in [6.07, 6.45) is 6.55. The highest BCUT2D eigenvalue weighted by atomic mass is 16.5. The molecule has 0 aromatic heterocycles. The smallest absolute Gasteiger partial charge is 0.249 e. The van der Waals surface area contributed by atoms with E-state index in [0.29, 0.717) is 12.6 Å². The van der Waals surface area contributed by atoms with Gasteiger partial charge in [-0.1, -0.05) is 6.42 Å². The van der Waals surface area contributed by atoms with Gasteiger partial charge in [0.1, 0.15) is 6.10 Å². The molecule has 1 amide bonds. The Labute approximate surface area is 110 Å². The Hall–Kier alpha value is -0.570. The molecule has 0 radical (unpaired) electrons. The van der Waals surface area contributed by atoms with Crippen molar-refractivity contribution in [3.05, 3.63) is 0 Å². The topological polar surface area (TPSA) is 38.3 Å². The molecule has 0 saturated heterocycles. The molecular weight excluding hydrogens is 226 g/mol. The minimum absolute atomic E-state index is 0.0870. The summed E-state index contributed by atoms with van der Waals surface area (Å²) in [6.45, 7) is 4.39. The van der Waals surface area contributed by atoms with Crippen LogP contribution in [0.2, 0.25) is 0 Å². The van der Waals surface area contributed by atoms with Crippen LogP contribution in [0.3, 0.4) is 0 Å². The van der Waals surface area contributed by atoms with E-state index in [1.807, 2.05) is 13.8 Å². The number of fused-ring (bicyclic) bond motifs is 5. The molecule has 0 aromatic carbocycles. The molecule has 102 valence electrons. The van der Waals surface area contributed by atoms with Gasteiger partial charge >= 0.3 is 0 Å². The van der Waals surface area contributed by atoms with Crippen LogP contribution in [0.4, 0.5) is 0 Å². The van der Waals surface area contributed by atoms with Gasteiger partial charge in [0.25, 0.3) is 0 Å². The van der Waals surface area contributed by atoms with Crippen LogP contribution in [0.25, 0.3) is 0 Å². The summed E-state index contributed by atoms with van der Waals surface area (Å²) in [5, 5.41) is 3.24. The third kappa shape index (κ3) is 1.97. The molecule has 1 N–H and O–H groups in total. The molecular formula is C15H25NO2. The lowest BCUT2D eigenvalue weighted by Gasteiger charge is -2.32. The van der Waals surface area contributed by atoms with Crippen molar-refractivity contribution in [2.45, 2.75) is 58.1 Å². The van der Waals surface area contributed by atoms with Crippen LogP contribution in [0, 0.1) is 23.7 Å². The van der Waals surface area contributed by atoms with Gasteiger partial charge in [0, 0.05) is 12.6 Å². The summed E-state index contributed by atoms with van der Waals surface area (Å²) in [6, 6.07) is 0.435. The monoisotopic (exact) mass is 251 g/mol. The van der Waals surface area contributed by atoms with E-state index >= 15 is 0 Å². The first-order valence-corrected chi connectivity index (χ1v) is 7.62. The second-order valence-corrected chi connectivity index (χ2v) is 6.37. The zero-order chi connectivity index (χ0) is 12.7. The molecule has 3 aliphatic rings. The standard InChI is InChI=1S/C15H25NO2/c1-3-18-9(2)15(17)16-14-8-10-7-13(14)12-6-4-5-11(10)12/h9-14H,3-8H2,1-2H3,(H,16,17)/t9-,10-,11-,12+,13+,14-/m1/s1. The number of rotatable bonds is 4. The fourth-order valence-electron chi connectivity index (χ4n) is 4.86. The maximum atomic E-state index is 12.0. The van der Waals surface area contributed by atoms with Gasteiger partial charge in [0.05, 0.1) is 0 Å². The second kappa shape index (κ2) is 4.84. The minimum atomic E-state index is -0.298. The zero-order valence-corrected chi connectivity index (χ0v) is 11.5. The maximum absolute atomic E-state index is 12.0. The molecule has 3 rings (SSSR count). The summed E-state index contributed by atoms with van der Waals surface area (Å²) in [4.78, 5) is 12.0. The van der Waals surface area contributed by atoms with Crippen molar-refractivity contribution in [1.82, 2.24) is 5.32 Å². The molecule has 18 heavy (non-hydrogen) atoms. The Balaban J connectivity index is 1.58. The number of nitrogens with one attached hydrogen (secondary N) is 1. The molecule has 3 aliphatic carbocycles. The molecule has 3 heteroatoms. The van der Waals surface area contributed by atoms with Gasteiger partial charge in [-0.3, -0.25) is 4.79 Å². The van der Waals surface area contributed by atoms with Crippen LogP contribution in [0.1, 0.15) is 46.0 Å². The van der Waals surface area contributed by atoms with Crippen molar-refractivity contribution in [2.24, 2.45) is 23.7 Å². The first kappa shape index (κ1) is 12.5. The van der Waals surface area contributed by atoms with E-state index in [1.165, 1.54) is 32.1 Å². The first-order chi connectivity index (χ1) is 8.70. The van der Waals surface area contributed by atoms with Crippen molar-refractivity contribution in [3.8, 4) is 0 Å². The third-order valence-electron chi connectivity index (χ3n) is 5.54. The van der Waals surface area contributed by atoms with Crippen LogP contribution < -0.4 is 5.32 Å². The van der Waals surface area contributed by atoms with E-state index in [2.05, 4.69) is 5.32 Å². The quantitative estimate of drug-likeness (QED) is 0.833. The van der Waals surface area contributed by atoms with Crippen molar-refractivity contribution in [2.75, 3.05) is 6.61 Å². The van der Waals surface area contributed by atoms with Crippen LogP contribution in [-0.2, 0) is 9.53 Å². The molecule has 3 nitrogen and oxygen atoms in total. The number of ether oxygens (including phenoxy) is 1. The molecule has 0 unspecified atom stereocenters. The van der Waals surface area contributed by atoms with Crippen molar-refractivity contribution in [1.29, 1.82) is 0 Å². The van der Waals surface area contributed by atoms with Gasteiger partial charge in [-0.05, 0) is 63.2 Å². The average Bonchev–Trinajstić information content (AvgIpc) is 3.00. The van der Waals surface area contributed by atoms with E-state index in [0.717, 1.165) is 23.7 Å². The molecule has 0 spiro atoms. The number of amides is 1. The van der Waals surface area contributed by atoms with Crippen molar-refractivity contribution < 1.29 is 9.53 Å². The second-order valence-electron chi connectivity index (χ2n) is 6.37. The molecule has 2 bridgehead atoms. The van der Waals surface area contributed by atoms with Gasteiger partial charge in [0.15, 0.2) is 0 Å². The maximum Gasteiger partial charge on any atom is 0.249 e. The fraction of sp³-hybridized carbons (Fsp3) is 0.933. The molecule has 3 fully saturated rings. The molecule has 0 heterocycles. The van der Waals surface area contributed by atoms with E-state index in [1.54, 1.807) is 0 Å². The Morgan fingerprint density at radius 1 is 1.28 bits per heavy atom. The predicted molar refractivity (Wildman–Crippen MR) is 70.1 cm³/mol. The van der Waals surface area contributed by atoms with Crippen LogP contribution in [0.5, 0.6) is 0 Å². The van der Waals surface area contributed by atoms with E-state index < -0.39 is 0 Å².